The van der Waals surface area contributed by atoms with Crippen molar-refractivity contribution in [2.24, 2.45) is 5.10 Å². The molecule has 0 aliphatic rings. The second-order valence-corrected chi connectivity index (χ2v) is 8.19. The predicted octanol–water partition coefficient (Wildman–Crippen LogP) is 5.88. The Morgan fingerprint density at radius 1 is 0.886 bits per heavy atom. The number of fused-ring (bicyclic) bond motifs is 4. The highest BCUT2D eigenvalue weighted by molar-refractivity contribution is 6.11. The maximum atomic E-state index is 12.7. The molecule has 174 valence electrons. The first kappa shape index (κ1) is 22.2. The van der Waals surface area contributed by atoms with Gasteiger partial charge in [0.05, 0.1) is 19.2 Å². The van der Waals surface area contributed by atoms with Gasteiger partial charge in [-0.05, 0) is 35.9 Å². The molecule has 4 aromatic carbocycles. The third kappa shape index (κ3) is 4.44. The average Bonchev–Trinajstić information content (AvgIpc) is 3.23. The van der Waals surface area contributed by atoms with Crippen molar-refractivity contribution in [1.82, 2.24) is 5.43 Å². The monoisotopic (exact) mass is 465 g/mol. The van der Waals surface area contributed by atoms with E-state index in [1.54, 1.807) is 26.2 Å². The van der Waals surface area contributed by atoms with Gasteiger partial charge in [-0.25, -0.2) is 5.43 Å². The van der Waals surface area contributed by atoms with Gasteiger partial charge in [-0.3, -0.25) is 9.59 Å². The highest BCUT2D eigenvalue weighted by atomic mass is 16.5. The number of hydrogen-bond acceptors (Lipinski definition) is 5. The van der Waals surface area contributed by atoms with Gasteiger partial charge in [-0.1, -0.05) is 54.6 Å². The summed E-state index contributed by atoms with van der Waals surface area (Å²) >= 11 is 0. The molecule has 5 rings (SSSR count). The number of benzene rings is 4. The summed E-state index contributed by atoms with van der Waals surface area (Å²) < 4.78 is 11.4. The molecule has 1 aromatic heterocycles. The molecule has 0 atom stereocenters. The van der Waals surface area contributed by atoms with Crippen LogP contribution in [0.25, 0.3) is 32.7 Å². The number of carbonyl (C=O) groups excluding carboxylic acids is 2. The van der Waals surface area contributed by atoms with Crippen LogP contribution in [0.15, 0.2) is 88.4 Å². The van der Waals surface area contributed by atoms with Crippen molar-refractivity contribution in [2.45, 2.75) is 13.3 Å². The summed E-state index contributed by atoms with van der Waals surface area (Å²) in [7, 11) is 1.55. The van der Waals surface area contributed by atoms with Crippen molar-refractivity contribution >= 4 is 55.9 Å². The first-order valence-electron chi connectivity index (χ1n) is 11.1. The van der Waals surface area contributed by atoms with Crippen LogP contribution in [0.5, 0.6) is 5.75 Å². The fourth-order valence-corrected chi connectivity index (χ4v) is 4.11. The third-order valence-electron chi connectivity index (χ3n) is 5.77. The smallest absolute Gasteiger partial charge is 0.271 e. The molecule has 35 heavy (non-hydrogen) atoms. The number of hydrogen-bond donors (Lipinski definition) is 2. The van der Waals surface area contributed by atoms with Crippen LogP contribution in [-0.2, 0) is 4.79 Å². The number of hydrazone groups is 1. The molecule has 0 aliphatic heterocycles. The van der Waals surface area contributed by atoms with Gasteiger partial charge in [0.2, 0.25) is 5.91 Å². The largest absolute Gasteiger partial charge is 0.495 e. The highest BCUT2D eigenvalue weighted by Gasteiger charge is 2.15. The summed E-state index contributed by atoms with van der Waals surface area (Å²) in [5, 5.41) is 10.7. The fraction of sp³-hybridized carbons (Fsp3) is 0.107. The lowest BCUT2D eigenvalue weighted by molar-refractivity contribution is -0.115. The summed E-state index contributed by atoms with van der Waals surface area (Å²) in [6.45, 7) is 1.68. The lowest BCUT2D eigenvalue weighted by Gasteiger charge is -2.10. The van der Waals surface area contributed by atoms with E-state index < -0.39 is 0 Å². The van der Waals surface area contributed by atoms with Crippen LogP contribution >= 0.6 is 0 Å². The number of anilines is 1. The van der Waals surface area contributed by atoms with Crippen molar-refractivity contribution < 1.29 is 18.7 Å². The van der Waals surface area contributed by atoms with Crippen LogP contribution in [0.1, 0.15) is 23.7 Å². The van der Waals surface area contributed by atoms with Gasteiger partial charge < -0.3 is 14.5 Å². The topological polar surface area (TPSA) is 92.9 Å². The van der Waals surface area contributed by atoms with E-state index >= 15 is 0 Å². The maximum Gasteiger partial charge on any atom is 0.271 e. The summed E-state index contributed by atoms with van der Waals surface area (Å²) in [6, 6.07) is 24.5. The lowest BCUT2D eigenvalue weighted by Crippen LogP contribution is -2.21. The zero-order valence-electron chi connectivity index (χ0n) is 19.3. The highest BCUT2D eigenvalue weighted by Crippen LogP contribution is 2.36. The second kappa shape index (κ2) is 9.30. The van der Waals surface area contributed by atoms with Crippen LogP contribution < -0.4 is 15.5 Å². The molecule has 0 fully saturated rings. The number of carbonyl (C=O) groups is 2. The van der Waals surface area contributed by atoms with E-state index in [9.17, 15) is 9.59 Å². The normalized spacial score (nSPS) is 11.7. The minimum absolute atomic E-state index is 0.00284. The predicted molar refractivity (Wildman–Crippen MR) is 138 cm³/mol. The van der Waals surface area contributed by atoms with Gasteiger partial charge in [0.1, 0.15) is 16.9 Å². The molecule has 0 saturated heterocycles. The first-order valence-corrected chi connectivity index (χ1v) is 11.1. The standard InChI is InChI=1S/C28H23N3O4/c1-17(30-31-28(33)21-12-7-9-18-8-3-4-10-19(18)21)14-27(32)29-23-16-25-22(15-26(23)34-2)20-11-5-6-13-24(20)35-25/h3-13,15-16H,14H2,1-2H3,(H,29,32)(H,31,33). The number of amides is 2. The Morgan fingerprint density at radius 2 is 1.63 bits per heavy atom. The van der Waals surface area contributed by atoms with Crippen molar-refractivity contribution in [2.75, 3.05) is 12.4 Å². The number of nitrogens with zero attached hydrogens (tertiary/aromatic N) is 1. The van der Waals surface area contributed by atoms with Crippen LogP contribution in [-0.4, -0.2) is 24.6 Å². The molecular weight excluding hydrogens is 442 g/mol. The number of ether oxygens (including phenoxy) is 1. The van der Waals surface area contributed by atoms with Crippen LogP contribution in [0.3, 0.4) is 0 Å². The summed E-state index contributed by atoms with van der Waals surface area (Å²) in [6.07, 6.45) is -0.00284. The van der Waals surface area contributed by atoms with Gasteiger partial charge in [-0.2, -0.15) is 5.10 Å². The van der Waals surface area contributed by atoms with Crippen molar-refractivity contribution in [3.05, 3.63) is 84.4 Å². The first-order chi connectivity index (χ1) is 17.0. The van der Waals surface area contributed by atoms with E-state index in [-0.39, 0.29) is 18.2 Å². The Labute approximate surface area is 201 Å². The molecule has 2 amide bonds. The summed E-state index contributed by atoms with van der Waals surface area (Å²) in [5.74, 6) is -0.103. The molecule has 0 spiro atoms. The molecule has 0 bridgehead atoms. The van der Waals surface area contributed by atoms with Crippen molar-refractivity contribution in [1.29, 1.82) is 0 Å². The molecule has 5 aromatic rings. The lowest BCUT2D eigenvalue weighted by atomic mass is 10.0. The molecular formula is C28H23N3O4. The average molecular weight is 466 g/mol. The third-order valence-corrected chi connectivity index (χ3v) is 5.77. The van der Waals surface area contributed by atoms with E-state index in [1.165, 1.54) is 0 Å². The van der Waals surface area contributed by atoms with E-state index in [2.05, 4.69) is 15.8 Å². The molecule has 0 aliphatic carbocycles. The molecule has 7 heteroatoms. The minimum atomic E-state index is -0.335. The van der Waals surface area contributed by atoms with Gasteiger partial charge in [0.15, 0.2) is 0 Å². The summed E-state index contributed by atoms with van der Waals surface area (Å²) in [5.41, 5.74) is 5.44. The maximum absolute atomic E-state index is 12.7. The van der Waals surface area contributed by atoms with E-state index in [1.807, 2.05) is 66.7 Å². The molecule has 0 radical (unpaired) electrons. The van der Waals surface area contributed by atoms with E-state index in [4.69, 9.17) is 9.15 Å². The summed E-state index contributed by atoms with van der Waals surface area (Å²) in [4.78, 5) is 25.4. The molecule has 2 N–H and O–H groups in total. The van der Waals surface area contributed by atoms with Crippen LogP contribution in [0.2, 0.25) is 0 Å². The zero-order valence-corrected chi connectivity index (χ0v) is 19.3. The van der Waals surface area contributed by atoms with E-state index in [0.717, 1.165) is 27.1 Å². The minimum Gasteiger partial charge on any atom is -0.495 e. The number of methoxy groups -OCH3 is 1. The van der Waals surface area contributed by atoms with Crippen molar-refractivity contribution in [3.8, 4) is 5.75 Å². The Balaban J connectivity index is 1.29. The number of nitrogens with one attached hydrogen (secondary N) is 2. The van der Waals surface area contributed by atoms with E-state index in [0.29, 0.717) is 28.3 Å². The quantitative estimate of drug-likeness (QED) is 0.242. The van der Waals surface area contributed by atoms with Crippen LogP contribution in [0.4, 0.5) is 5.69 Å². The SMILES string of the molecule is COc1cc2c(cc1NC(=O)CC(C)=NNC(=O)c1cccc3ccccc13)oc1ccccc12. The van der Waals surface area contributed by atoms with Gasteiger partial charge in [0.25, 0.3) is 5.91 Å². The molecule has 1 heterocycles. The fourth-order valence-electron chi connectivity index (χ4n) is 4.11. The van der Waals surface area contributed by atoms with Gasteiger partial charge >= 0.3 is 0 Å². The Kier molecular flexibility index (Phi) is 5.89. The number of rotatable bonds is 6. The van der Waals surface area contributed by atoms with Crippen molar-refractivity contribution in [3.63, 3.8) is 0 Å². The Hall–Kier alpha value is -4.65. The molecule has 0 saturated carbocycles. The second-order valence-electron chi connectivity index (χ2n) is 8.19. The molecule has 0 unspecified atom stereocenters. The number of para-hydroxylation sites is 1. The zero-order chi connectivity index (χ0) is 24.4. The molecule has 7 nitrogen and oxygen atoms in total. The Bertz CT molecular complexity index is 1610. The van der Waals surface area contributed by atoms with Crippen LogP contribution in [0, 0.1) is 0 Å². The Morgan fingerprint density at radius 3 is 2.46 bits per heavy atom. The number of furan rings is 1. The van der Waals surface area contributed by atoms with Gasteiger partial charge in [0, 0.05) is 28.1 Å². The van der Waals surface area contributed by atoms with Gasteiger partial charge in [-0.15, -0.1) is 0 Å².